The molecular formula is C14H15ClN2O. The molecule has 0 saturated carbocycles. The van der Waals surface area contributed by atoms with Crippen LogP contribution in [0.2, 0.25) is 5.28 Å². The van der Waals surface area contributed by atoms with E-state index >= 15 is 0 Å². The van der Waals surface area contributed by atoms with Crippen LogP contribution < -0.4 is 4.74 Å². The fraction of sp³-hybridized carbons (Fsp3) is 0.286. The van der Waals surface area contributed by atoms with Crippen LogP contribution in [0.4, 0.5) is 0 Å². The molecule has 0 aliphatic rings. The van der Waals surface area contributed by atoms with E-state index in [2.05, 4.69) is 29.9 Å². The summed E-state index contributed by atoms with van der Waals surface area (Å²) in [6.45, 7) is 4.28. The van der Waals surface area contributed by atoms with Crippen molar-refractivity contribution in [2.75, 3.05) is 7.11 Å². The summed E-state index contributed by atoms with van der Waals surface area (Å²) in [5.74, 6) is 1.30. The molecule has 0 atom stereocenters. The van der Waals surface area contributed by atoms with Gasteiger partial charge in [-0.05, 0) is 40.8 Å². The van der Waals surface area contributed by atoms with Crippen molar-refractivity contribution >= 4 is 11.6 Å². The van der Waals surface area contributed by atoms with E-state index in [9.17, 15) is 0 Å². The van der Waals surface area contributed by atoms with Crippen molar-refractivity contribution in [2.24, 2.45) is 0 Å². The number of rotatable bonds is 3. The molecule has 2 aromatic rings. The van der Waals surface area contributed by atoms with Crippen molar-refractivity contribution < 1.29 is 4.74 Å². The summed E-state index contributed by atoms with van der Waals surface area (Å²) in [4.78, 5) is 7.99. The first-order chi connectivity index (χ1) is 8.61. The number of halogens is 1. The van der Waals surface area contributed by atoms with Crippen LogP contribution in [0.1, 0.15) is 25.3 Å². The predicted octanol–water partition coefficient (Wildman–Crippen LogP) is 3.93. The first-order valence-corrected chi connectivity index (χ1v) is 6.15. The van der Waals surface area contributed by atoms with Crippen molar-refractivity contribution in [3.8, 4) is 16.9 Å². The van der Waals surface area contributed by atoms with Gasteiger partial charge in [-0.15, -0.1) is 0 Å². The van der Waals surface area contributed by atoms with Gasteiger partial charge in [-0.2, -0.15) is 0 Å². The smallest absolute Gasteiger partial charge is 0.222 e. The molecule has 0 amide bonds. The SMILES string of the molecule is COc1ccc(-c2cnc(Cl)nc2)cc1C(C)C. The fourth-order valence-corrected chi connectivity index (χ4v) is 1.92. The maximum absolute atomic E-state index is 5.69. The van der Waals surface area contributed by atoms with Gasteiger partial charge in [0.25, 0.3) is 0 Å². The van der Waals surface area contributed by atoms with Gasteiger partial charge >= 0.3 is 0 Å². The maximum Gasteiger partial charge on any atom is 0.222 e. The first-order valence-electron chi connectivity index (χ1n) is 5.77. The van der Waals surface area contributed by atoms with E-state index < -0.39 is 0 Å². The monoisotopic (exact) mass is 262 g/mol. The molecule has 1 aromatic carbocycles. The summed E-state index contributed by atoms with van der Waals surface area (Å²) in [5.41, 5.74) is 3.19. The second-order valence-corrected chi connectivity index (χ2v) is 4.69. The van der Waals surface area contributed by atoms with E-state index in [-0.39, 0.29) is 5.28 Å². The molecule has 0 radical (unpaired) electrons. The minimum absolute atomic E-state index is 0.261. The van der Waals surface area contributed by atoms with Gasteiger partial charge in [0.15, 0.2) is 0 Å². The normalized spacial score (nSPS) is 10.7. The minimum Gasteiger partial charge on any atom is -0.496 e. The summed E-state index contributed by atoms with van der Waals surface area (Å²) in [6, 6.07) is 6.08. The highest BCUT2D eigenvalue weighted by Gasteiger charge is 2.09. The van der Waals surface area contributed by atoms with Crippen molar-refractivity contribution in [2.45, 2.75) is 19.8 Å². The number of methoxy groups -OCH3 is 1. The molecule has 0 unspecified atom stereocenters. The Morgan fingerprint density at radius 1 is 1.11 bits per heavy atom. The molecule has 1 aromatic heterocycles. The topological polar surface area (TPSA) is 35.0 Å². The lowest BCUT2D eigenvalue weighted by Gasteiger charge is -2.13. The Bertz CT molecular complexity index is 538. The van der Waals surface area contributed by atoms with Gasteiger partial charge in [0.1, 0.15) is 5.75 Å². The number of nitrogens with zero attached hydrogens (tertiary/aromatic N) is 2. The Hall–Kier alpha value is -1.61. The molecule has 0 fully saturated rings. The van der Waals surface area contributed by atoms with Gasteiger partial charge in [-0.25, -0.2) is 9.97 Å². The van der Waals surface area contributed by atoms with Crippen LogP contribution in [0.3, 0.4) is 0 Å². The largest absolute Gasteiger partial charge is 0.496 e. The Kier molecular flexibility index (Phi) is 3.82. The first kappa shape index (κ1) is 12.8. The van der Waals surface area contributed by atoms with E-state index in [1.807, 2.05) is 12.1 Å². The molecule has 0 spiro atoms. The van der Waals surface area contributed by atoms with E-state index in [4.69, 9.17) is 16.3 Å². The molecule has 18 heavy (non-hydrogen) atoms. The standard InChI is InChI=1S/C14H15ClN2O/c1-9(2)12-6-10(4-5-13(12)18-3)11-7-16-14(15)17-8-11/h4-9H,1-3H3. The Balaban J connectivity index is 2.46. The fourth-order valence-electron chi connectivity index (χ4n) is 1.83. The third kappa shape index (κ3) is 2.62. The van der Waals surface area contributed by atoms with Crippen molar-refractivity contribution in [1.29, 1.82) is 0 Å². The Morgan fingerprint density at radius 2 is 1.78 bits per heavy atom. The number of ether oxygens (including phenoxy) is 1. The Morgan fingerprint density at radius 3 is 2.33 bits per heavy atom. The van der Waals surface area contributed by atoms with Crippen LogP contribution in [-0.4, -0.2) is 17.1 Å². The van der Waals surface area contributed by atoms with Crippen LogP contribution in [0.25, 0.3) is 11.1 Å². The third-order valence-corrected chi connectivity index (χ3v) is 3.00. The lowest BCUT2D eigenvalue weighted by atomic mass is 9.97. The van der Waals surface area contributed by atoms with Gasteiger partial charge in [0, 0.05) is 18.0 Å². The van der Waals surface area contributed by atoms with Gasteiger partial charge < -0.3 is 4.74 Å². The highest BCUT2D eigenvalue weighted by atomic mass is 35.5. The summed E-state index contributed by atoms with van der Waals surface area (Å²) < 4.78 is 5.36. The van der Waals surface area contributed by atoms with E-state index in [0.717, 1.165) is 16.9 Å². The molecule has 1 heterocycles. The molecule has 0 aliphatic heterocycles. The molecular weight excluding hydrogens is 248 g/mol. The van der Waals surface area contributed by atoms with Crippen molar-refractivity contribution in [3.05, 3.63) is 41.4 Å². The summed E-state index contributed by atoms with van der Waals surface area (Å²) in [5, 5.41) is 0.261. The molecule has 0 bridgehead atoms. The highest BCUT2D eigenvalue weighted by Crippen LogP contribution is 2.31. The number of aromatic nitrogens is 2. The second kappa shape index (κ2) is 5.36. The van der Waals surface area contributed by atoms with Crippen LogP contribution in [0.15, 0.2) is 30.6 Å². The lowest BCUT2D eigenvalue weighted by Crippen LogP contribution is -1.95. The number of hydrogen-bond donors (Lipinski definition) is 0. The van der Waals surface area contributed by atoms with Gasteiger partial charge in [0.05, 0.1) is 7.11 Å². The highest BCUT2D eigenvalue weighted by molar-refractivity contribution is 6.28. The van der Waals surface area contributed by atoms with E-state index in [1.54, 1.807) is 19.5 Å². The molecule has 2 rings (SSSR count). The zero-order valence-corrected chi connectivity index (χ0v) is 11.4. The van der Waals surface area contributed by atoms with Crippen LogP contribution >= 0.6 is 11.6 Å². The number of benzene rings is 1. The molecule has 0 aliphatic carbocycles. The van der Waals surface area contributed by atoms with Gasteiger partial charge in [-0.1, -0.05) is 19.9 Å². The van der Waals surface area contributed by atoms with Crippen LogP contribution in [0.5, 0.6) is 5.75 Å². The zero-order valence-electron chi connectivity index (χ0n) is 10.6. The molecule has 0 N–H and O–H groups in total. The quantitative estimate of drug-likeness (QED) is 0.786. The predicted molar refractivity (Wildman–Crippen MR) is 73.1 cm³/mol. The summed E-state index contributed by atoms with van der Waals surface area (Å²) in [6.07, 6.45) is 3.45. The van der Waals surface area contributed by atoms with E-state index in [0.29, 0.717) is 5.92 Å². The van der Waals surface area contributed by atoms with Crippen molar-refractivity contribution in [1.82, 2.24) is 9.97 Å². The van der Waals surface area contributed by atoms with Gasteiger partial charge in [-0.3, -0.25) is 0 Å². The minimum atomic E-state index is 0.261. The lowest BCUT2D eigenvalue weighted by molar-refractivity contribution is 0.407. The van der Waals surface area contributed by atoms with Crippen molar-refractivity contribution in [3.63, 3.8) is 0 Å². The van der Waals surface area contributed by atoms with Gasteiger partial charge in [0.2, 0.25) is 5.28 Å². The van der Waals surface area contributed by atoms with Crippen LogP contribution in [-0.2, 0) is 0 Å². The number of hydrogen-bond acceptors (Lipinski definition) is 3. The maximum atomic E-state index is 5.69. The summed E-state index contributed by atoms with van der Waals surface area (Å²) >= 11 is 5.69. The van der Waals surface area contributed by atoms with Crippen LogP contribution in [0, 0.1) is 0 Å². The zero-order chi connectivity index (χ0) is 13.1. The second-order valence-electron chi connectivity index (χ2n) is 4.35. The average molecular weight is 263 g/mol. The molecule has 94 valence electrons. The summed E-state index contributed by atoms with van der Waals surface area (Å²) in [7, 11) is 1.69. The molecule has 0 saturated heterocycles. The average Bonchev–Trinajstić information content (AvgIpc) is 2.39. The van der Waals surface area contributed by atoms with E-state index in [1.165, 1.54) is 5.56 Å². The Labute approximate surface area is 112 Å². The molecule has 3 nitrogen and oxygen atoms in total. The molecule has 4 heteroatoms. The third-order valence-electron chi connectivity index (χ3n) is 2.81.